The van der Waals surface area contributed by atoms with E-state index < -0.39 is 0 Å². The Morgan fingerprint density at radius 1 is 1.25 bits per heavy atom. The highest BCUT2D eigenvalue weighted by molar-refractivity contribution is 5.32. The molecule has 6 nitrogen and oxygen atoms in total. The maximum atomic E-state index is 8.36. The highest BCUT2D eigenvalue weighted by atomic mass is 16.3. The number of aliphatic hydroxyl groups excluding tert-OH is 1. The van der Waals surface area contributed by atoms with Crippen molar-refractivity contribution < 1.29 is 20.5 Å². The number of carbonyl (C=O) groups is 1. The summed E-state index contributed by atoms with van der Waals surface area (Å²) in [5, 5.41) is 13.9. The van der Waals surface area contributed by atoms with Crippen LogP contribution in [0.15, 0.2) is 0 Å². The van der Waals surface area contributed by atoms with E-state index in [0.29, 0.717) is 0 Å². The van der Waals surface area contributed by atoms with Crippen LogP contribution in [-0.2, 0) is 4.79 Å². The van der Waals surface area contributed by atoms with Crippen LogP contribution in [0.4, 0.5) is 0 Å². The molecule has 0 saturated carbocycles. The summed E-state index contributed by atoms with van der Waals surface area (Å²) >= 11 is 0. The minimum Gasteiger partial charge on any atom is -0.483 e. The van der Waals surface area contributed by atoms with Gasteiger partial charge < -0.3 is 28.0 Å². The van der Waals surface area contributed by atoms with E-state index in [4.69, 9.17) is 15.0 Å². The minimum absolute atomic E-state index is 0. The molecule has 0 atom stereocenters. The second-order valence-electron chi connectivity index (χ2n) is 0.105. The molecule has 0 spiro atoms. The Labute approximate surface area is 47.6 Å². The van der Waals surface area contributed by atoms with Gasteiger partial charge in [0.1, 0.15) is 0 Å². The number of hydrogen-bond acceptors (Lipinski definition) is 4. The third kappa shape index (κ3) is 207. The topological polar surface area (TPSA) is 159 Å². The average Bonchev–Trinajstić information content (AvgIpc) is 1.46. The predicted octanol–water partition coefficient (Wildman–Crippen LogP) is -1.19. The Morgan fingerprint density at radius 3 is 1.25 bits per heavy atom. The molecular weight excluding hydrogens is 116 g/mol. The summed E-state index contributed by atoms with van der Waals surface area (Å²) in [6, 6.07) is 0. The summed E-state index contributed by atoms with van der Waals surface area (Å²) in [6.45, 7) is -0.250. The van der Waals surface area contributed by atoms with Crippen LogP contribution in [0.5, 0.6) is 0 Å². The average molecular weight is 130 g/mol. The molecule has 0 radical (unpaired) electrons. The summed E-state index contributed by atoms with van der Waals surface area (Å²) < 4.78 is 0. The predicted molar refractivity (Wildman–Crippen MR) is 30.5 cm³/mol. The molecule has 0 aromatic carbocycles. The zero-order valence-electron chi connectivity index (χ0n) is 4.79. The van der Waals surface area contributed by atoms with Crippen LogP contribution >= 0.6 is 0 Å². The second kappa shape index (κ2) is 1850. The standard InChI is InChI=1S/CH2O2.CH4O.2H3N.H2O/c2-1-3;1-2;;;/h1H,(H,2,3);2H,1H3;2*1H3;1H2. The lowest BCUT2D eigenvalue weighted by Gasteiger charge is -1.34. The molecule has 0 unspecified atom stereocenters. The molecule has 0 aliphatic heterocycles. The molecule has 0 aromatic rings. The molecule has 56 valence electrons. The summed E-state index contributed by atoms with van der Waals surface area (Å²) in [4.78, 5) is 8.36. The lowest BCUT2D eigenvalue weighted by molar-refractivity contribution is -0.122. The highest BCUT2D eigenvalue weighted by Crippen LogP contribution is 0.966. The SMILES string of the molecule is CO.N.N.O.O=CO. The van der Waals surface area contributed by atoms with Gasteiger partial charge in [0.05, 0.1) is 0 Å². The molecule has 6 heteroatoms. The van der Waals surface area contributed by atoms with Crippen molar-refractivity contribution in [2.24, 2.45) is 0 Å². The minimum atomic E-state index is -0.250. The Hall–Kier alpha value is -0.690. The van der Waals surface area contributed by atoms with Crippen molar-refractivity contribution in [1.82, 2.24) is 12.3 Å². The highest BCUT2D eigenvalue weighted by Gasteiger charge is 1.22. The fraction of sp³-hybridized carbons (Fsp3) is 0.500. The molecule has 0 aliphatic rings. The van der Waals surface area contributed by atoms with Crippen LogP contribution in [0.1, 0.15) is 0 Å². The van der Waals surface area contributed by atoms with Crippen molar-refractivity contribution in [3.8, 4) is 0 Å². The molecule has 0 amide bonds. The van der Waals surface area contributed by atoms with Gasteiger partial charge in [0.2, 0.25) is 0 Å². The van der Waals surface area contributed by atoms with Crippen LogP contribution in [0.25, 0.3) is 0 Å². The number of rotatable bonds is 0. The molecule has 10 N–H and O–H groups in total. The van der Waals surface area contributed by atoms with Crippen molar-refractivity contribution in [2.75, 3.05) is 7.11 Å². The van der Waals surface area contributed by atoms with E-state index >= 15 is 0 Å². The normalized spacial score (nSPS) is 2.25. The fourth-order valence-electron chi connectivity index (χ4n) is 0. The lowest BCUT2D eigenvalue weighted by atomic mass is 11.7. The Morgan fingerprint density at radius 2 is 1.25 bits per heavy atom. The van der Waals surface area contributed by atoms with Crippen molar-refractivity contribution in [1.29, 1.82) is 0 Å². The van der Waals surface area contributed by atoms with Crippen LogP contribution < -0.4 is 12.3 Å². The molecular formula is C2H14N2O4. The third-order valence-electron chi connectivity index (χ3n) is 0. The van der Waals surface area contributed by atoms with Gasteiger partial charge in [-0.25, -0.2) is 0 Å². The summed E-state index contributed by atoms with van der Waals surface area (Å²) in [6.07, 6.45) is 0. The molecule has 0 bridgehead atoms. The quantitative estimate of drug-likeness (QED) is 0.303. The van der Waals surface area contributed by atoms with Gasteiger partial charge in [0.15, 0.2) is 0 Å². The van der Waals surface area contributed by atoms with Gasteiger partial charge in [0.25, 0.3) is 6.47 Å². The van der Waals surface area contributed by atoms with Gasteiger partial charge in [0, 0.05) is 7.11 Å². The van der Waals surface area contributed by atoms with E-state index in [1.807, 2.05) is 0 Å². The first-order valence-corrected chi connectivity index (χ1v) is 0.941. The fourth-order valence-corrected chi connectivity index (χ4v) is 0. The molecule has 8 heavy (non-hydrogen) atoms. The van der Waals surface area contributed by atoms with Gasteiger partial charge in [-0.2, -0.15) is 0 Å². The van der Waals surface area contributed by atoms with E-state index in [-0.39, 0.29) is 24.2 Å². The third-order valence-corrected chi connectivity index (χ3v) is 0. The summed E-state index contributed by atoms with van der Waals surface area (Å²) in [7, 11) is 1.00. The molecule has 0 heterocycles. The van der Waals surface area contributed by atoms with Gasteiger partial charge in [-0.3, -0.25) is 4.79 Å². The smallest absolute Gasteiger partial charge is 0.290 e. The Balaban J connectivity index is -0.00000000567. The van der Waals surface area contributed by atoms with Crippen LogP contribution in [0.2, 0.25) is 0 Å². The Bertz CT molecular complexity index is 19.5. The maximum absolute atomic E-state index is 8.36. The van der Waals surface area contributed by atoms with Crippen LogP contribution in [0, 0.1) is 0 Å². The van der Waals surface area contributed by atoms with Crippen molar-refractivity contribution >= 4 is 6.47 Å². The number of hydrogen-bond donors (Lipinski definition) is 4. The van der Waals surface area contributed by atoms with Gasteiger partial charge in [-0.1, -0.05) is 0 Å². The molecule has 0 saturated heterocycles. The van der Waals surface area contributed by atoms with Crippen LogP contribution in [0.3, 0.4) is 0 Å². The monoisotopic (exact) mass is 130 g/mol. The first kappa shape index (κ1) is 54.5. The number of carboxylic acid groups (broad SMARTS) is 1. The van der Waals surface area contributed by atoms with E-state index in [1.54, 1.807) is 0 Å². The zero-order chi connectivity index (χ0) is 4.71. The molecule has 0 rings (SSSR count). The van der Waals surface area contributed by atoms with E-state index in [2.05, 4.69) is 0 Å². The van der Waals surface area contributed by atoms with Gasteiger partial charge >= 0.3 is 0 Å². The first-order chi connectivity index (χ1) is 2.41. The van der Waals surface area contributed by atoms with Crippen molar-refractivity contribution in [3.63, 3.8) is 0 Å². The van der Waals surface area contributed by atoms with Crippen molar-refractivity contribution in [2.45, 2.75) is 0 Å². The molecule has 0 fully saturated rings. The summed E-state index contributed by atoms with van der Waals surface area (Å²) in [5.74, 6) is 0. The van der Waals surface area contributed by atoms with E-state index in [0.717, 1.165) is 7.11 Å². The maximum Gasteiger partial charge on any atom is 0.290 e. The first-order valence-electron chi connectivity index (χ1n) is 0.941. The number of aliphatic hydroxyl groups is 1. The lowest BCUT2D eigenvalue weighted by Crippen LogP contribution is -1.49. The van der Waals surface area contributed by atoms with Gasteiger partial charge in [-0.15, -0.1) is 0 Å². The largest absolute Gasteiger partial charge is 0.483 e. The van der Waals surface area contributed by atoms with E-state index in [1.165, 1.54) is 0 Å². The Kier molecular flexibility index (Phi) is 12600. The molecule has 0 aliphatic carbocycles. The summed E-state index contributed by atoms with van der Waals surface area (Å²) in [5.41, 5.74) is 0. The molecule has 0 aromatic heterocycles. The zero-order valence-corrected chi connectivity index (χ0v) is 4.79. The second-order valence-corrected chi connectivity index (χ2v) is 0.105. The van der Waals surface area contributed by atoms with Crippen molar-refractivity contribution in [3.05, 3.63) is 0 Å². The van der Waals surface area contributed by atoms with E-state index in [9.17, 15) is 0 Å². The van der Waals surface area contributed by atoms with Crippen LogP contribution in [-0.4, -0.2) is 29.3 Å². The van der Waals surface area contributed by atoms with Gasteiger partial charge in [-0.05, 0) is 0 Å².